The van der Waals surface area contributed by atoms with Gasteiger partial charge in [-0.3, -0.25) is 14.2 Å². The van der Waals surface area contributed by atoms with Gasteiger partial charge in [0.1, 0.15) is 18.2 Å². The van der Waals surface area contributed by atoms with Crippen molar-refractivity contribution >= 4 is 17.5 Å². The van der Waals surface area contributed by atoms with Gasteiger partial charge in [0.25, 0.3) is 0 Å². The van der Waals surface area contributed by atoms with Crippen LogP contribution in [0.5, 0.6) is 0 Å². The molecule has 4 bridgehead atoms. The van der Waals surface area contributed by atoms with Crippen molar-refractivity contribution in [2.24, 2.45) is 29.1 Å². The van der Waals surface area contributed by atoms with Crippen molar-refractivity contribution in [2.45, 2.75) is 58.4 Å². The largest absolute Gasteiger partial charge is 0.344 e. The first-order valence-corrected chi connectivity index (χ1v) is 11.5. The van der Waals surface area contributed by atoms with E-state index in [0.717, 1.165) is 25.1 Å². The number of hydrogen-bond donors (Lipinski definition) is 2. The Morgan fingerprint density at radius 1 is 1.10 bits per heavy atom. The first-order chi connectivity index (χ1) is 14.9. The Kier molecular flexibility index (Phi) is 5.07. The fourth-order valence-electron chi connectivity index (χ4n) is 6.45. The number of aromatic nitrogens is 3. The molecule has 2 heterocycles. The highest BCUT2D eigenvalue weighted by molar-refractivity contribution is 5.98. The minimum atomic E-state index is -0.561. The average Bonchev–Trinajstić information content (AvgIpc) is 3.26. The molecule has 4 aliphatic carbocycles. The lowest BCUT2D eigenvalue weighted by atomic mass is 9.49. The van der Waals surface area contributed by atoms with Crippen LogP contribution in [0.25, 0.3) is 5.82 Å². The van der Waals surface area contributed by atoms with Crippen molar-refractivity contribution in [2.75, 3.05) is 5.32 Å². The van der Waals surface area contributed by atoms with Crippen LogP contribution < -0.4 is 10.6 Å². The molecule has 7 heteroatoms. The lowest BCUT2D eigenvalue weighted by Gasteiger charge is -2.55. The Morgan fingerprint density at radius 2 is 1.77 bits per heavy atom. The molecular weight excluding hydrogens is 390 g/mol. The Bertz CT molecular complexity index is 916. The molecule has 7 nitrogen and oxygen atoms in total. The molecule has 0 aliphatic heterocycles. The lowest BCUT2D eigenvalue weighted by Crippen LogP contribution is -2.57. The minimum absolute atomic E-state index is 0.00366. The molecule has 31 heavy (non-hydrogen) atoms. The maximum Gasteiger partial charge on any atom is 0.247 e. The highest BCUT2D eigenvalue weighted by Crippen LogP contribution is 2.60. The third-order valence-corrected chi connectivity index (χ3v) is 7.54. The predicted molar refractivity (Wildman–Crippen MR) is 117 cm³/mol. The molecule has 0 saturated heterocycles. The van der Waals surface area contributed by atoms with Gasteiger partial charge < -0.3 is 10.6 Å². The molecule has 2 aromatic heterocycles. The van der Waals surface area contributed by atoms with Crippen LogP contribution >= 0.6 is 0 Å². The van der Waals surface area contributed by atoms with Crippen molar-refractivity contribution in [1.82, 2.24) is 19.9 Å². The molecule has 4 fully saturated rings. The summed E-state index contributed by atoms with van der Waals surface area (Å²) < 4.78 is 1.80. The molecule has 4 aliphatic rings. The summed E-state index contributed by atoms with van der Waals surface area (Å²) in [5.41, 5.74) is 0.361. The number of rotatable bonds is 6. The molecule has 0 radical (unpaired) electrons. The lowest BCUT2D eigenvalue weighted by molar-refractivity contribution is -0.148. The molecular formula is C24H31N5O2. The first-order valence-electron chi connectivity index (χ1n) is 11.5. The number of pyridine rings is 1. The standard InChI is InChI=1S/C24H31N5O2/c1-15(2)21(22(30)27-19-3-4-20(26-13-19)29-6-5-25-14-29)28-23(31)24-10-16-7-17(11-24)9-18(8-16)12-24/h3-6,13-18,21H,7-12H2,1-2H3,(H,27,30)(H,28,31)/t16?,17?,18?,21-,24?/m0/s1. The zero-order valence-electron chi connectivity index (χ0n) is 18.3. The number of nitrogens with zero attached hydrogens (tertiary/aromatic N) is 3. The quantitative estimate of drug-likeness (QED) is 0.746. The molecule has 2 amide bonds. The third-order valence-electron chi connectivity index (χ3n) is 7.54. The van der Waals surface area contributed by atoms with Gasteiger partial charge in [-0.05, 0) is 74.3 Å². The van der Waals surface area contributed by atoms with Crippen molar-refractivity contribution in [3.8, 4) is 5.82 Å². The van der Waals surface area contributed by atoms with E-state index in [1.165, 1.54) is 19.3 Å². The van der Waals surface area contributed by atoms with E-state index in [0.29, 0.717) is 23.4 Å². The van der Waals surface area contributed by atoms with E-state index >= 15 is 0 Å². The predicted octanol–water partition coefficient (Wildman–Crippen LogP) is 3.56. The molecule has 4 saturated carbocycles. The number of nitrogens with one attached hydrogen (secondary N) is 2. The number of anilines is 1. The van der Waals surface area contributed by atoms with Gasteiger partial charge in [0, 0.05) is 17.8 Å². The average molecular weight is 422 g/mol. The second kappa shape index (κ2) is 7.77. The molecule has 6 rings (SSSR count). The topological polar surface area (TPSA) is 88.9 Å². The van der Waals surface area contributed by atoms with Gasteiger partial charge >= 0.3 is 0 Å². The molecule has 2 N–H and O–H groups in total. The Morgan fingerprint density at radius 3 is 2.29 bits per heavy atom. The van der Waals surface area contributed by atoms with E-state index in [1.54, 1.807) is 23.3 Å². The molecule has 0 unspecified atom stereocenters. The fourth-order valence-corrected chi connectivity index (χ4v) is 6.45. The van der Waals surface area contributed by atoms with Gasteiger partial charge in [0.2, 0.25) is 11.8 Å². The second-order valence-electron chi connectivity index (χ2n) is 10.3. The zero-order chi connectivity index (χ0) is 21.6. The van der Waals surface area contributed by atoms with Crippen LogP contribution in [-0.2, 0) is 9.59 Å². The summed E-state index contributed by atoms with van der Waals surface area (Å²) in [5, 5.41) is 6.08. The minimum Gasteiger partial charge on any atom is -0.344 e. The van der Waals surface area contributed by atoms with E-state index in [2.05, 4.69) is 20.6 Å². The fraction of sp³-hybridized carbons (Fsp3) is 0.583. The van der Waals surface area contributed by atoms with Crippen molar-refractivity contribution in [1.29, 1.82) is 0 Å². The highest BCUT2D eigenvalue weighted by Gasteiger charge is 2.55. The first kappa shape index (κ1) is 20.2. The number of carbonyl (C=O) groups excluding carboxylic acids is 2. The van der Waals surface area contributed by atoms with E-state index < -0.39 is 6.04 Å². The molecule has 0 spiro atoms. The Hall–Kier alpha value is -2.70. The van der Waals surface area contributed by atoms with Crippen molar-refractivity contribution < 1.29 is 9.59 Å². The maximum absolute atomic E-state index is 13.4. The van der Waals surface area contributed by atoms with Crippen LogP contribution in [0.1, 0.15) is 52.4 Å². The van der Waals surface area contributed by atoms with Gasteiger partial charge in [0.05, 0.1) is 11.9 Å². The number of hydrogen-bond acceptors (Lipinski definition) is 4. The number of imidazole rings is 1. The Labute approximate surface area is 183 Å². The summed E-state index contributed by atoms with van der Waals surface area (Å²) in [6.45, 7) is 3.95. The monoisotopic (exact) mass is 421 g/mol. The van der Waals surface area contributed by atoms with Crippen molar-refractivity contribution in [3.05, 3.63) is 37.1 Å². The Balaban J connectivity index is 1.26. The number of amides is 2. The third kappa shape index (κ3) is 3.86. The molecule has 0 aromatic carbocycles. The highest BCUT2D eigenvalue weighted by atomic mass is 16.2. The van der Waals surface area contributed by atoms with E-state index in [4.69, 9.17) is 0 Å². The van der Waals surface area contributed by atoms with E-state index in [-0.39, 0.29) is 23.1 Å². The van der Waals surface area contributed by atoms with Crippen LogP contribution in [0.4, 0.5) is 5.69 Å². The van der Waals surface area contributed by atoms with Gasteiger partial charge in [-0.1, -0.05) is 13.8 Å². The maximum atomic E-state index is 13.4. The summed E-state index contributed by atoms with van der Waals surface area (Å²) in [4.78, 5) is 34.9. The van der Waals surface area contributed by atoms with Crippen LogP contribution in [-0.4, -0.2) is 32.4 Å². The van der Waals surface area contributed by atoms with Crippen LogP contribution in [0.3, 0.4) is 0 Å². The summed E-state index contributed by atoms with van der Waals surface area (Å²) >= 11 is 0. The van der Waals surface area contributed by atoms with Gasteiger partial charge in [0.15, 0.2) is 0 Å². The molecule has 164 valence electrons. The van der Waals surface area contributed by atoms with Crippen molar-refractivity contribution in [3.63, 3.8) is 0 Å². The van der Waals surface area contributed by atoms with E-state index in [1.807, 2.05) is 32.2 Å². The molecule has 1 atom stereocenters. The van der Waals surface area contributed by atoms with E-state index in [9.17, 15) is 9.59 Å². The SMILES string of the molecule is CC(C)[C@H](NC(=O)C12CC3CC(CC(C3)C1)C2)C(=O)Nc1ccc(-n2ccnc2)nc1. The summed E-state index contributed by atoms with van der Waals surface area (Å²) in [6, 6.07) is 3.09. The van der Waals surface area contributed by atoms with Crippen LogP contribution in [0.15, 0.2) is 37.1 Å². The van der Waals surface area contributed by atoms with Crippen LogP contribution in [0.2, 0.25) is 0 Å². The van der Waals surface area contributed by atoms with Crippen LogP contribution in [0, 0.1) is 29.1 Å². The molecule has 2 aromatic rings. The second-order valence-corrected chi connectivity index (χ2v) is 10.3. The smallest absolute Gasteiger partial charge is 0.247 e. The van der Waals surface area contributed by atoms with Gasteiger partial charge in [-0.25, -0.2) is 9.97 Å². The van der Waals surface area contributed by atoms with Gasteiger partial charge in [-0.15, -0.1) is 0 Å². The van der Waals surface area contributed by atoms with Gasteiger partial charge in [-0.2, -0.15) is 0 Å². The summed E-state index contributed by atoms with van der Waals surface area (Å²) in [7, 11) is 0. The normalized spacial score (nSPS) is 29.7. The summed E-state index contributed by atoms with van der Waals surface area (Å²) in [5.74, 6) is 2.72. The summed E-state index contributed by atoms with van der Waals surface area (Å²) in [6.07, 6.45) is 13.7. The zero-order valence-corrected chi connectivity index (χ0v) is 18.3. The number of carbonyl (C=O) groups is 2.